The lowest BCUT2D eigenvalue weighted by Gasteiger charge is -2.24. The van der Waals surface area contributed by atoms with Gasteiger partial charge in [0.05, 0.1) is 6.61 Å². The van der Waals surface area contributed by atoms with Gasteiger partial charge in [0.1, 0.15) is 6.04 Å². The van der Waals surface area contributed by atoms with Gasteiger partial charge < -0.3 is 15.6 Å². The molecule has 0 fully saturated rings. The van der Waals surface area contributed by atoms with E-state index in [1.165, 1.54) is 0 Å². The topological polar surface area (TPSA) is 98.6 Å². The highest BCUT2D eigenvalue weighted by molar-refractivity contribution is 5.75. The van der Waals surface area contributed by atoms with Crippen molar-refractivity contribution in [2.24, 2.45) is 11.5 Å². The van der Waals surface area contributed by atoms with E-state index in [4.69, 9.17) is 21.3 Å². The Bertz CT molecular complexity index is 159. The van der Waals surface area contributed by atoms with Crippen LogP contribution in [0.3, 0.4) is 0 Å². The summed E-state index contributed by atoms with van der Waals surface area (Å²) in [6.45, 7) is 2.94. The third-order valence-electron chi connectivity index (χ3n) is 1.54. The number of carbonyl (C=O) groups excluding carboxylic acids is 1. The van der Waals surface area contributed by atoms with Gasteiger partial charge in [0.2, 0.25) is 0 Å². The van der Waals surface area contributed by atoms with E-state index in [2.05, 4.69) is 0 Å². The largest absolute Gasteiger partial charge is 0.443 e. The fourth-order valence-electron chi connectivity index (χ4n) is 0.452. The van der Waals surface area contributed by atoms with E-state index in [1.54, 1.807) is 13.8 Å². The lowest BCUT2D eigenvalue weighted by atomic mass is 10.2. The van der Waals surface area contributed by atoms with Gasteiger partial charge in [-0.2, -0.15) is 0 Å². The minimum absolute atomic E-state index is 0.432. The molecule has 5 heteroatoms. The van der Waals surface area contributed by atoms with Crippen LogP contribution < -0.4 is 11.5 Å². The first-order valence-electron chi connectivity index (χ1n) is 3.81. The molecule has 0 amide bonds. The maximum atomic E-state index is 11.0. The van der Waals surface area contributed by atoms with E-state index < -0.39 is 24.3 Å². The Labute approximate surface area is 71.7 Å². The fourth-order valence-corrected chi connectivity index (χ4v) is 0.452. The summed E-state index contributed by atoms with van der Waals surface area (Å²) in [6.07, 6.45) is 0.497. The molecule has 5 nitrogen and oxygen atoms in total. The van der Waals surface area contributed by atoms with E-state index in [9.17, 15) is 4.79 Å². The summed E-state index contributed by atoms with van der Waals surface area (Å²) >= 11 is 0. The number of rotatable bonds is 4. The number of hydrogen-bond donors (Lipinski definition) is 3. The van der Waals surface area contributed by atoms with Crippen LogP contribution in [0.25, 0.3) is 0 Å². The number of hydrogen-bond acceptors (Lipinski definition) is 5. The average Bonchev–Trinajstić information content (AvgIpc) is 2.02. The molecule has 0 bridgehead atoms. The zero-order valence-electron chi connectivity index (χ0n) is 7.41. The van der Waals surface area contributed by atoms with E-state index in [-0.39, 0.29) is 0 Å². The van der Waals surface area contributed by atoms with Crippen LogP contribution in [0.5, 0.6) is 0 Å². The smallest absolute Gasteiger partial charge is 0.327 e. The Kier molecular flexibility index (Phi) is 4.16. The SMILES string of the molecule is CCC(C)(N)OC(=O)[C@@H](N)CO. The maximum absolute atomic E-state index is 11.0. The molecule has 5 N–H and O–H groups in total. The van der Waals surface area contributed by atoms with Crippen molar-refractivity contribution in [2.75, 3.05) is 6.61 Å². The molecule has 2 atom stereocenters. The van der Waals surface area contributed by atoms with Crippen LogP contribution in [0.2, 0.25) is 0 Å². The van der Waals surface area contributed by atoms with Crippen LogP contribution in [-0.4, -0.2) is 29.4 Å². The number of ether oxygens (including phenoxy) is 1. The van der Waals surface area contributed by atoms with Crippen LogP contribution in [0.15, 0.2) is 0 Å². The highest BCUT2D eigenvalue weighted by Crippen LogP contribution is 2.07. The Balaban J connectivity index is 4.00. The van der Waals surface area contributed by atoms with Gasteiger partial charge in [-0.05, 0) is 13.3 Å². The monoisotopic (exact) mass is 176 g/mol. The molecule has 0 rings (SSSR count). The Morgan fingerprint density at radius 1 is 1.75 bits per heavy atom. The molecule has 1 unspecified atom stereocenters. The molecule has 0 aliphatic rings. The van der Waals surface area contributed by atoms with Gasteiger partial charge in [-0.1, -0.05) is 6.92 Å². The van der Waals surface area contributed by atoms with E-state index in [0.29, 0.717) is 6.42 Å². The minimum Gasteiger partial charge on any atom is -0.443 e. The second-order valence-corrected chi connectivity index (χ2v) is 2.88. The van der Waals surface area contributed by atoms with Gasteiger partial charge in [-0.15, -0.1) is 0 Å². The third-order valence-corrected chi connectivity index (χ3v) is 1.54. The van der Waals surface area contributed by atoms with Crippen LogP contribution in [0.1, 0.15) is 20.3 Å². The lowest BCUT2D eigenvalue weighted by Crippen LogP contribution is -2.46. The fraction of sp³-hybridized carbons (Fsp3) is 0.857. The van der Waals surface area contributed by atoms with Crippen molar-refractivity contribution in [3.05, 3.63) is 0 Å². The molecular formula is C7H16N2O3. The number of nitrogens with two attached hydrogens (primary N) is 2. The van der Waals surface area contributed by atoms with Gasteiger partial charge >= 0.3 is 5.97 Å². The predicted octanol–water partition coefficient (Wildman–Crippen LogP) is -1.07. The molecule has 72 valence electrons. The van der Waals surface area contributed by atoms with Gasteiger partial charge in [0, 0.05) is 0 Å². The summed E-state index contributed by atoms with van der Waals surface area (Å²) in [7, 11) is 0. The van der Waals surface area contributed by atoms with Gasteiger partial charge in [0.25, 0.3) is 0 Å². The molecule has 0 aromatic heterocycles. The number of carbonyl (C=O) groups is 1. The van der Waals surface area contributed by atoms with Crippen molar-refractivity contribution in [1.29, 1.82) is 0 Å². The molecule has 0 aromatic rings. The highest BCUT2D eigenvalue weighted by atomic mass is 16.6. The maximum Gasteiger partial charge on any atom is 0.327 e. The molecule has 0 saturated heterocycles. The summed E-state index contributed by atoms with van der Waals surface area (Å²) in [6, 6.07) is -1.00. The molecule has 0 heterocycles. The first-order valence-corrected chi connectivity index (χ1v) is 3.81. The van der Waals surface area contributed by atoms with E-state index in [1.807, 2.05) is 0 Å². The van der Waals surface area contributed by atoms with E-state index in [0.717, 1.165) is 0 Å². The zero-order chi connectivity index (χ0) is 9.78. The highest BCUT2D eigenvalue weighted by Gasteiger charge is 2.24. The van der Waals surface area contributed by atoms with Crippen molar-refractivity contribution in [3.8, 4) is 0 Å². The van der Waals surface area contributed by atoms with Crippen molar-refractivity contribution in [2.45, 2.75) is 32.0 Å². The standard InChI is InChI=1S/C7H16N2O3/c1-3-7(2,9)12-6(11)5(8)4-10/h5,10H,3-4,8-9H2,1-2H3/t5-,7?/m0/s1. The predicted molar refractivity (Wildman–Crippen MR) is 44.0 cm³/mol. The molecule has 12 heavy (non-hydrogen) atoms. The summed E-state index contributed by atoms with van der Waals surface area (Å²) < 4.78 is 4.79. The molecule has 0 saturated carbocycles. The number of esters is 1. The van der Waals surface area contributed by atoms with E-state index >= 15 is 0 Å². The minimum atomic E-state index is -1.00. The summed E-state index contributed by atoms with van der Waals surface area (Å²) in [5.74, 6) is -0.677. The normalized spacial score (nSPS) is 18.1. The quantitative estimate of drug-likeness (QED) is 0.374. The van der Waals surface area contributed by atoms with Gasteiger partial charge in [-0.3, -0.25) is 10.5 Å². The molecule has 0 aromatic carbocycles. The van der Waals surface area contributed by atoms with Crippen LogP contribution >= 0.6 is 0 Å². The van der Waals surface area contributed by atoms with Crippen molar-refractivity contribution in [1.82, 2.24) is 0 Å². The summed E-state index contributed by atoms with van der Waals surface area (Å²) in [5.41, 5.74) is 9.73. The molecule has 0 aliphatic carbocycles. The van der Waals surface area contributed by atoms with Gasteiger partial charge in [-0.25, -0.2) is 0 Å². The average molecular weight is 176 g/mol. The second kappa shape index (κ2) is 4.39. The van der Waals surface area contributed by atoms with Crippen molar-refractivity contribution in [3.63, 3.8) is 0 Å². The third kappa shape index (κ3) is 3.66. The summed E-state index contributed by atoms with van der Waals surface area (Å²) in [4.78, 5) is 11.0. The summed E-state index contributed by atoms with van der Waals surface area (Å²) in [5, 5.41) is 8.51. The molecule has 0 spiro atoms. The second-order valence-electron chi connectivity index (χ2n) is 2.88. The molecular weight excluding hydrogens is 160 g/mol. The Morgan fingerprint density at radius 3 is 2.58 bits per heavy atom. The van der Waals surface area contributed by atoms with Crippen molar-refractivity contribution >= 4 is 5.97 Å². The molecule has 0 radical (unpaired) electrons. The van der Waals surface area contributed by atoms with Crippen LogP contribution in [-0.2, 0) is 9.53 Å². The molecule has 0 aliphatic heterocycles. The lowest BCUT2D eigenvalue weighted by molar-refractivity contribution is -0.160. The first kappa shape index (κ1) is 11.4. The van der Waals surface area contributed by atoms with Crippen LogP contribution in [0.4, 0.5) is 0 Å². The number of aliphatic hydroxyl groups excluding tert-OH is 1. The Hall–Kier alpha value is -0.650. The van der Waals surface area contributed by atoms with Crippen molar-refractivity contribution < 1.29 is 14.6 Å². The van der Waals surface area contributed by atoms with Gasteiger partial charge in [0.15, 0.2) is 5.72 Å². The Morgan fingerprint density at radius 2 is 2.25 bits per heavy atom. The number of aliphatic hydroxyl groups is 1. The zero-order valence-corrected chi connectivity index (χ0v) is 7.41. The first-order chi connectivity index (χ1) is 5.43. The van der Waals surface area contributed by atoms with Crippen LogP contribution in [0, 0.1) is 0 Å².